The molecule has 100 valence electrons. The van der Waals surface area contributed by atoms with Gasteiger partial charge in [0.05, 0.1) is 5.57 Å². The number of allylic oxidation sites excluding steroid dienone is 2. The van der Waals surface area contributed by atoms with Crippen LogP contribution in [0.25, 0.3) is 0 Å². The van der Waals surface area contributed by atoms with Crippen molar-refractivity contribution >= 4 is 5.91 Å². The quantitative estimate of drug-likeness (QED) is 0.592. The van der Waals surface area contributed by atoms with Crippen molar-refractivity contribution in [1.82, 2.24) is 4.90 Å². The van der Waals surface area contributed by atoms with Crippen LogP contribution < -0.4 is 0 Å². The zero-order chi connectivity index (χ0) is 14.7. The maximum absolute atomic E-state index is 12.2. The molecular formula is C15H17NO3. The van der Waals surface area contributed by atoms with Crippen molar-refractivity contribution in [3.63, 3.8) is 0 Å². The highest BCUT2D eigenvalue weighted by molar-refractivity contribution is 6.00. The summed E-state index contributed by atoms with van der Waals surface area (Å²) in [4.78, 5) is 13.6. The zero-order valence-electron chi connectivity index (χ0n) is 10.9. The lowest BCUT2D eigenvalue weighted by Crippen LogP contribution is -2.27. The SMILES string of the molecule is C=C(O)/C=C1/CN(C)C(=O)/C(=C/C(=C)O)C(=C)C1=C. The lowest BCUT2D eigenvalue weighted by atomic mass is 9.95. The van der Waals surface area contributed by atoms with Crippen molar-refractivity contribution < 1.29 is 15.0 Å². The first-order valence-corrected chi connectivity index (χ1v) is 5.56. The lowest BCUT2D eigenvalue weighted by Gasteiger charge is -2.15. The van der Waals surface area contributed by atoms with Crippen LogP contribution in [0, 0.1) is 0 Å². The van der Waals surface area contributed by atoms with Crippen LogP contribution in [-0.4, -0.2) is 34.6 Å². The van der Waals surface area contributed by atoms with Gasteiger partial charge in [0.1, 0.15) is 11.5 Å². The third-order valence-electron chi connectivity index (χ3n) is 2.71. The number of nitrogens with zero attached hydrogens (tertiary/aromatic N) is 1. The van der Waals surface area contributed by atoms with E-state index in [-0.39, 0.29) is 29.5 Å². The van der Waals surface area contributed by atoms with Gasteiger partial charge in [0, 0.05) is 13.6 Å². The molecule has 0 aromatic rings. The number of aliphatic hydroxyl groups excluding tert-OH is 2. The standard InChI is InChI=1S/C15H17NO3/c1-9(17)6-13-8-16(5)15(19)14(7-10(2)18)12(4)11(13)3/h6-7,17-18H,1-4,8H2,5H3/b13-6-,14-7+. The maximum atomic E-state index is 12.2. The van der Waals surface area contributed by atoms with E-state index in [1.807, 2.05) is 0 Å². The second kappa shape index (κ2) is 5.44. The fraction of sp³-hybridized carbons (Fsp3) is 0.133. The third kappa shape index (κ3) is 3.25. The first-order valence-electron chi connectivity index (χ1n) is 5.56. The summed E-state index contributed by atoms with van der Waals surface area (Å²) < 4.78 is 0. The highest BCUT2D eigenvalue weighted by atomic mass is 16.3. The highest BCUT2D eigenvalue weighted by Gasteiger charge is 2.26. The average Bonchev–Trinajstić information content (AvgIpc) is 2.36. The fourth-order valence-corrected chi connectivity index (χ4v) is 1.76. The van der Waals surface area contributed by atoms with Crippen LogP contribution in [0.5, 0.6) is 0 Å². The number of carbonyl (C=O) groups is 1. The number of likely N-dealkylation sites (tertiary alicyclic amines) is 1. The molecular weight excluding hydrogens is 242 g/mol. The van der Waals surface area contributed by atoms with Gasteiger partial charge in [-0.3, -0.25) is 4.79 Å². The second-order valence-corrected chi connectivity index (χ2v) is 4.33. The predicted octanol–water partition coefficient (Wildman–Crippen LogP) is 2.57. The highest BCUT2D eigenvalue weighted by Crippen LogP contribution is 2.29. The Kier molecular flexibility index (Phi) is 4.17. The van der Waals surface area contributed by atoms with Gasteiger partial charge < -0.3 is 15.1 Å². The van der Waals surface area contributed by atoms with Gasteiger partial charge in [-0.25, -0.2) is 0 Å². The predicted molar refractivity (Wildman–Crippen MR) is 75.6 cm³/mol. The smallest absolute Gasteiger partial charge is 0.254 e. The topological polar surface area (TPSA) is 60.8 Å². The Morgan fingerprint density at radius 3 is 2.16 bits per heavy atom. The Labute approximate surface area is 112 Å². The zero-order valence-corrected chi connectivity index (χ0v) is 10.9. The Balaban J connectivity index is 3.35. The van der Waals surface area contributed by atoms with Crippen LogP contribution in [0.1, 0.15) is 0 Å². The first-order chi connectivity index (χ1) is 8.73. The molecule has 2 N–H and O–H groups in total. The van der Waals surface area contributed by atoms with Crippen molar-refractivity contribution in [3.05, 3.63) is 72.3 Å². The Hall–Kier alpha value is -2.49. The molecule has 19 heavy (non-hydrogen) atoms. The van der Waals surface area contributed by atoms with Gasteiger partial charge in [0.15, 0.2) is 0 Å². The van der Waals surface area contributed by atoms with Gasteiger partial charge in [0.25, 0.3) is 5.91 Å². The van der Waals surface area contributed by atoms with Crippen LogP contribution in [0.3, 0.4) is 0 Å². The minimum atomic E-state index is -0.298. The number of likely N-dealkylation sites (N-methyl/N-ethyl adjacent to an activating group) is 1. The van der Waals surface area contributed by atoms with E-state index in [1.54, 1.807) is 7.05 Å². The molecule has 0 saturated carbocycles. The molecule has 4 nitrogen and oxygen atoms in total. The molecule has 0 atom stereocenters. The number of hydrogen-bond donors (Lipinski definition) is 2. The van der Waals surface area contributed by atoms with Gasteiger partial charge >= 0.3 is 0 Å². The van der Waals surface area contributed by atoms with Gasteiger partial charge in [-0.2, -0.15) is 0 Å². The number of aliphatic hydroxyl groups is 2. The van der Waals surface area contributed by atoms with Gasteiger partial charge in [-0.05, 0) is 28.9 Å². The van der Waals surface area contributed by atoms with E-state index in [0.717, 1.165) is 0 Å². The molecule has 0 aromatic carbocycles. The molecule has 0 spiro atoms. The van der Waals surface area contributed by atoms with Crippen molar-refractivity contribution in [2.75, 3.05) is 13.6 Å². The number of amides is 1. The Morgan fingerprint density at radius 2 is 1.68 bits per heavy atom. The van der Waals surface area contributed by atoms with Gasteiger partial charge in [0.2, 0.25) is 0 Å². The summed E-state index contributed by atoms with van der Waals surface area (Å²) in [6.07, 6.45) is 2.69. The summed E-state index contributed by atoms with van der Waals surface area (Å²) in [5, 5.41) is 18.5. The van der Waals surface area contributed by atoms with E-state index in [9.17, 15) is 15.0 Å². The molecule has 1 fully saturated rings. The van der Waals surface area contributed by atoms with E-state index < -0.39 is 0 Å². The van der Waals surface area contributed by atoms with E-state index in [0.29, 0.717) is 16.7 Å². The minimum Gasteiger partial charge on any atom is -0.509 e. The summed E-state index contributed by atoms with van der Waals surface area (Å²) in [6.45, 7) is 14.7. The molecule has 0 aliphatic carbocycles. The minimum absolute atomic E-state index is 0.121. The summed E-state index contributed by atoms with van der Waals surface area (Å²) in [6, 6.07) is 0. The monoisotopic (exact) mass is 259 g/mol. The largest absolute Gasteiger partial charge is 0.509 e. The summed E-state index contributed by atoms with van der Waals surface area (Å²) >= 11 is 0. The normalized spacial score (nSPS) is 20.9. The first kappa shape index (κ1) is 14.6. The van der Waals surface area contributed by atoms with E-state index in [4.69, 9.17) is 0 Å². The van der Waals surface area contributed by atoms with Crippen molar-refractivity contribution in [2.24, 2.45) is 0 Å². The third-order valence-corrected chi connectivity index (χ3v) is 2.71. The molecule has 0 aromatic heterocycles. The van der Waals surface area contributed by atoms with Gasteiger partial charge in [-0.1, -0.05) is 26.3 Å². The molecule has 0 radical (unpaired) electrons. The number of hydrogen-bond acceptors (Lipinski definition) is 3. The Morgan fingerprint density at radius 1 is 1.16 bits per heavy atom. The van der Waals surface area contributed by atoms with Crippen LogP contribution in [0.2, 0.25) is 0 Å². The molecule has 0 unspecified atom stereocenters. The molecule has 1 heterocycles. The molecule has 0 bridgehead atoms. The molecule has 4 heteroatoms. The molecule has 1 saturated heterocycles. The van der Waals surface area contributed by atoms with Crippen LogP contribution in [-0.2, 0) is 4.79 Å². The van der Waals surface area contributed by atoms with E-state index >= 15 is 0 Å². The van der Waals surface area contributed by atoms with E-state index in [2.05, 4.69) is 26.3 Å². The summed E-state index contributed by atoms with van der Waals surface area (Å²) in [5.74, 6) is -0.651. The lowest BCUT2D eigenvalue weighted by molar-refractivity contribution is -0.125. The summed E-state index contributed by atoms with van der Waals surface area (Å²) in [7, 11) is 1.61. The number of carbonyl (C=O) groups excluding carboxylic acids is 1. The van der Waals surface area contributed by atoms with Crippen molar-refractivity contribution in [1.29, 1.82) is 0 Å². The molecule has 1 aliphatic rings. The molecule has 1 rings (SSSR count). The van der Waals surface area contributed by atoms with E-state index in [1.165, 1.54) is 17.1 Å². The molecule has 1 amide bonds. The van der Waals surface area contributed by atoms with Crippen LogP contribution in [0.15, 0.2) is 72.3 Å². The van der Waals surface area contributed by atoms with Crippen molar-refractivity contribution in [2.45, 2.75) is 0 Å². The van der Waals surface area contributed by atoms with Gasteiger partial charge in [-0.15, -0.1) is 0 Å². The number of rotatable bonds is 2. The van der Waals surface area contributed by atoms with Crippen molar-refractivity contribution in [3.8, 4) is 0 Å². The Bertz CT molecular complexity index is 550. The van der Waals surface area contributed by atoms with Crippen LogP contribution in [0.4, 0.5) is 0 Å². The average molecular weight is 259 g/mol. The maximum Gasteiger partial charge on any atom is 0.254 e. The second-order valence-electron chi connectivity index (χ2n) is 4.33. The molecule has 1 aliphatic heterocycles. The van der Waals surface area contributed by atoms with Crippen LogP contribution >= 0.6 is 0 Å². The fourth-order valence-electron chi connectivity index (χ4n) is 1.76. The summed E-state index contributed by atoms with van der Waals surface area (Å²) in [5.41, 5.74) is 1.77.